The van der Waals surface area contributed by atoms with Gasteiger partial charge in [-0.1, -0.05) is 72.8 Å². The molecule has 4 amide bonds. The topological polar surface area (TPSA) is 218 Å². The number of methoxy groups -OCH3 is 2. The number of aromatic nitrogens is 4. The number of ketones is 2. The largest absolute Gasteiger partial charge is 0.457 e. The summed E-state index contributed by atoms with van der Waals surface area (Å²) in [5.74, 6) is -0.783. The standard InChI is InChI=1S/C48H46N8O9/c1-63-47(61)53-39(30-12-5-3-6-13-30)41(57)45(59)55-24-10-18-37(55)43-49-27-35(51-43)29-20-22-33(23-21-29)65-34-17-9-16-32(26-34)36-28-50-44(52-36)38-19-11-25-56(38)46(60)42(58)40(54-48(62)64-2)31-14-7-4-8-15-31/h3-9,12-17,20-23,26-28,37-40H,10-11,18-19,24-25H2,1-2H3,(H,49,51)(H,50,52)(H,53,61)(H,54,62)/t37-,38-,39-,40+/m0/s1. The second-order valence-electron chi connectivity index (χ2n) is 15.5. The number of imidazole rings is 2. The van der Waals surface area contributed by atoms with E-state index in [2.05, 4.69) is 30.6 Å². The number of aromatic amines is 2. The van der Waals surface area contributed by atoms with E-state index in [4.69, 9.17) is 14.2 Å². The van der Waals surface area contributed by atoms with Crippen molar-refractivity contribution in [3.8, 4) is 34.0 Å². The minimum atomic E-state index is -1.21. The molecule has 2 saturated heterocycles. The Morgan fingerprint density at radius 3 is 1.54 bits per heavy atom. The molecule has 0 bridgehead atoms. The number of Topliss-reactive ketones (excluding diaryl/α,β-unsaturated/α-hetero) is 2. The number of likely N-dealkylation sites (tertiary alicyclic amines) is 2. The molecule has 0 saturated carbocycles. The third kappa shape index (κ3) is 9.63. The number of hydrogen-bond donors (Lipinski definition) is 4. The lowest BCUT2D eigenvalue weighted by molar-refractivity contribution is -0.146. The monoisotopic (exact) mass is 878 g/mol. The first-order valence-corrected chi connectivity index (χ1v) is 21.1. The number of nitrogens with one attached hydrogen (secondary N) is 4. The van der Waals surface area contributed by atoms with Gasteiger partial charge in [-0.15, -0.1) is 0 Å². The van der Waals surface area contributed by atoms with Gasteiger partial charge in [0.1, 0.15) is 35.2 Å². The molecular formula is C48H46N8O9. The third-order valence-electron chi connectivity index (χ3n) is 11.5. The number of hydrogen-bond acceptors (Lipinski definition) is 11. The fraction of sp³-hybridized carbons (Fsp3) is 0.250. The highest BCUT2D eigenvalue weighted by Gasteiger charge is 2.40. The van der Waals surface area contributed by atoms with Gasteiger partial charge in [-0.05, 0) is 78.8 Å². The second-order valence-corrected chi connectivity index (χ2v) is 15.5. The van der Waals surface area contributed by atoms with Crippen LogP contribution in [0.3, 0.4) is 0 Å². The first-order valence-electron chi connectivity index (χ1n) is 21.1. The quantitative estimate of drug-likeness (QED) is 0.0824. The molecule has 2 aromatic heterocycles. The van der Waals surface area contributed by atoms with E-state index >= 15 is 0 Å². The average Bonchev–Trinajstić information content (AvgIpc) is 4.20. The molecule has 332 valence electrons. The van der Waals surface area contributed by atoms with Crippen molar-refractivity contribution in [1.82, 2.24) is 40.4 Å². The van der Waals surface area contributed by atoms with Crippen molar-refractivity contribution in [2.45, 2.75) is 49.9 Å². The molecule has 0 unspecified atom stereocenters. The number of nitrogens with zero attached hydrogens (tertiary/aromatic N) is 4. The summed E-state index contributed by atoms with van der Waals surface area (Å²) in [6.45, 7) is 0.711. The molecular weight excluding hydrogens is 833 g/mol. The molecule has 17 heteroatoms. The summed E-state index contributed by atoms with van der Waals surface area (Å²) in [4.78, 5) is 97.7. The van der Waals surface area contributed by atoms with Crippen LogP contribution in [0.1, 0.15) is 72.6 Å². The van der Waals surface area contributed by atoms with Crippen molar-refractivity contribution in [2.75, 3.05) is 27.3 Å². The number of amides is 4. The highest BCUT2D eigenvalue weighted by Crippen LogP contribution is 2.36. The van der Waals surface area contributed by atoms with Gasteiger partial charge in [-0.2, -0.15) is 0 Å². The number of H-pyrrole nitrogens is 2. The van der Waals surface area contributed by atoms with Crippen LogP contribution in [0.4, 0.5) is 9.59 Å². The molecule has 4 N–H and O–H groups in total. The van der Waals surface area contributed by atoms with Gasteiger partial charge in [0.2, 0.25) is 11.6 Å². The highest BCUT2D eigenvalue weighted by atomic mass is 16.5. The lowest BCUT2D eigenvalue weighted by Gasteiger charge is -2.25. The molecule has 17 nitrogen and oxygen atoms in total. The predicted molar refractivity (Wildman–Crippen MR) is 235 cm³/mol. The number of ether oxygens (including phenoxy) is 3. The van der Waals surface area contributed by atoms with Gasteiger partial charge in [0.25, 0.3) is 11.8 Å². The summed E-state index contributed by atoms with van der Waals surface area (Å²) < 4.78 is 15.7. The minimum Gasteiger partial charge on any atom is -0.457 e. The van der Waals surface area contributed by atoms with Crippen molar-refractivity contribution in [2.24, 2.45) is 0 Å². The average molecular weight is 879 g/mol. The van der Waals surface area contributed by atoms with Gasteiger partial charge in [-0.25, -0.2) is 19.6 Å². The van der Waals surface area contributed by atoms with Crippen molar-refractivity contribution < 1.29 is 43.0 Å². The first kappa shape index (κ1) is 43.6. The van der Waals surface area contributed by atoms with Crippen LogP contribution in [-0.4, -0.2) is 92.6 Å². The number of benzene rings is 4. The number of carbonyl (C=O) groups excluding carboxylic acids is 6. The summed E-state index contributed by atoms with van der Waals surface area (Å²) in [6, 6.07) is 28.6. The van der Waals surface area contributed by atoms with E-state index < -0.39 is 59.7 Å². The van der Waals surface area contributed by atoms with Gasteiger partial charge < -0.3 is 44.6 Å². The number of alkyl carbamates (subject to hydrolysis) is 2. The Morgan fingerprint density at radius 2 is 1.06 bits per heavy atom. The lowest BCUT2D eigenvalue weighted by atomic mass is 10.0. The Hall–Kier alpha value is -8.08. The fourth-order valence-electron chi connectivity index (χ4n) is 8.23. The summed E-state index contributed by atoms with van der Waals surface area (Å²) >= 11 is 0. The maximum Gasteiger partial charge on any atom is 0.407 e. The van der Waals surface area contributed by atoms with Crippen LogP contribution in [-0.2, 0) is 28.7 Å². The summed E-state index contributed by atoms with van der Waals surface area (Å²) in [7, 11) is 2.38. The third-order valence-corrected chi connectivity index (χ3v) is 11.5. The van der Waals surface area contributed by atoms with E-state index in [9.17, 15) is 28.8 Å². The molecule has 0 aliphatic carbocycles. The molecule has 2 aliphatic rings. The summed E-state index contributed by atoms with van der Waals surface area (Å²) in [5.41, 5.74) is 3.94. The molecule has 8 rings (SSSR count). The van der Waals surface area contributed by atoms with Crippen molar-refractivity contribution in [1.29, 1.82) is 0 Å². The zero-order valence-corrected chi connectivity index (χ0v) is 35.6. The van der Waals surface area contributed by atoms with Gasteiger partial charge in [-0.3, -0.25) is 19.2 Å². The summed E-state index contributed by atoms with van der Waals surface area (Å²) in [6.07, 6.45) is 4.25. The van der Waals surface area contributed by atoms with Gasteiger partial charge in [0.15, 0.2) is 0 Å². The highest BCUT2D eigenvalue weighted by molar-refractivity contribution is 6.39. The molecule has 0 radical (unpaired) electrons. The second kappa shape index (κ2) is 19.5. The number of carbonyl (C=O) groups is 6. The Labute approximate surface area is 373 Å². The van der Waals surface area contributed by atoms with E-state index in [1.54, 1.807) is 73.1 Å². The van der Waals surface area contributed by atoms with Crippen molar-refractivity contribution >= 4 is 35.6 Å². The van der Waals surface area contributed by atoms with E-state index in [0.29, 0.717) is 84.4 Å². The van der Waals surface area contributed by atoms with Crippen LogP contribution in [0.5, 0.6) is 11.5 Å². The smallest absolute Gasteiger partial charge is 0.407 e. The van der Waals surface area contributed by atoms with Crippen LogP contribution in [0.15, 0.2) is 122 Å². The lowest BCUT2D eigenvalue weighted by Crippen LogP contribution is -2.44. The maximum absolute atomic E-state index is 13.7. The molecule has 65 heavy (non-hydrogen) atoms. The molecule has 4 atom stereocenters. The van der Waals surface area contributed by atoms with Crippen LogP contribution in [0.25, 0.3) is 22.5 Å². The van der Waals surface area contributed by atoms with Gasteiger partial charge in [0, 0.05) is 18.7 Å². The Kier molecular flexibility index (Phi) is 13.1. The molecule has 2 fully saturated rings. The minimum absolute atomic E-state index is 0.353. The molecule has 4 aromatic carbocycles. The normalized spacial score (nSPS) is 16.6. The fourth-order valence-corrected chi connectivity index (χ4v) is 8.23. The SMILES string of the molecule is COC(=O)N[C@H](C(=O)C(=O)N1CCC[C@H]1c1ncc(-c2ccc(Oc3cccc(-c4cnc([C@@H]5CCCN5C(=O)C(=O)[C@H](NC(=O)OC)c5ccccc5)[nH]4)c3)cc2)[nH]1)c1ccccc1. The molecule has 2 aliphatic heterocycles. The van der Waals surface area contributed by atoms with Gasteiger partial charge in [0.05, 0.1) is 50.1 Å². The Bertz CT molecular complexity index is 2690. The van der Waals surface area contributed by atoms with E-state index in [1.165, 1.54) is 24.0 Å². The predicted octanol–water partition coefficient (Wildman–Crippen LogP) is 6.92. The van der Waals surface area contributed by atoms with E-state index in [0.717, 1.165) is 11.1 Å². The first-order chi connectivity index (χ1) is 31.6. The molecule has 0 spiro atoms. The van der Waals surface area contributed by atoms with Crippen molar-refractivity contribution in [3.05, 3.63) is 144 Å². The maximum atomic E-state index is 13.7. The molecule has 6 aromatic rings. The summed E-state index contributed by atoms with van der Waals surface area (Å²) in [5, 5.41) is 5.00. The van der Waals surface area contributed by atoms with E-state index in [1.807, 2.05) is 48.5 Å². The zero-order chi connectivity index (χ0) is 45.5. The van der Waals surface area contributed by atoms with Crippen molar-refractivity contribution in [3.63, 3.8) is 0 Å². The number of rotatable bonds is 14. The van der Waals surface area contributed by atoms with Crippen LogP contribution < -0.4 is 15.4 Å². The van der Waals surface area contributed by atoms with Crippen LogP contribution in [0, 0.1) is 0 Å². The Morgan fingerprint density at radius 1 is 0.585 bits per heavy atom. The van der Waals surface area contributed by atoms with Crippen LogP contribution in [0.2, 0.25) is 0 Å². The van der Waals surface area contributed by atoms with Crippen LogP contribution >= 0.6 is 0 Å². The van der Waals surface area contributed by atoms with E-state index in [-0.39, 0.29) is 0 Å². The zero-order valence-electron chi connectivity index (χ0n) is 35.6. The Balaban J connectivity index is 0.909. The van der Waals surface area contributed by atoms with Gasteiger partial charge >= 0.3 is 12.2 Å². The molecule has 4 heterocycles.